The van der Waals surface area contributed by atoms with Gasteiger partial charge in [0.15, 0.2) is 0 Å². The summed E-state index contributed by atoms with van der Waals surface area (Å²) in [6.45, 7) is 6.28. The fourth-order valence-corrected chi connectivity index (χ4v) is 3.73. The van der Waals surface area contributed by atoms with E-state index in [0.29, 0.717) is 25.1 Å². The fourth-order valence-electron chi connectivity index (χ4n) is 3.73. The number of piperidine rings is 1. The molecule has 120 valence electrons. The number of nitrogens with zero attached hydrogens (tertiary/aromatic N) is 2. The van der Waals surface area contributed by atoms with Crippen LogP contribution in [0.15, 0.2) is 18.2 Å². The second-order valence-corrected chi connectivity index (χ2v) is 6.64. The predicted molar refractivity (Wildman–Crippen MR) is 80.2 cm³/mol. The number of hydrogen-bond acceptors (Lipinski definition) is 2. The maximum atomic E-state index is 13.3. The lowest BCUT2D eigenvalue weighted by Crippen LogP contribution is -2.41. The molecule has 0 bridgehead atoms. The molecule has 1 aromatic carbocycles. The minimum Gasteiger partial charge on any atom is -0.338 e. The summed E-state index contributed by atoms with van der Waals surface area (Å²) in [5.41, 5.74) is 0.586. The highest BCUT2D eigenvalue weighted by atomic mass is 19.1. The number of rotatable bonds is 3. The third kappa shape index (κ3) is 3.14. The Labute approximate surface area is 129 Å². The van der Waals surface area contributed by atoms with Crippen molar-refractivity contribution < 1.29 is 13.6 Å². The van der Waals surface area contributed by atoms with Gasteiger partial charge in [-0.1, -0.05) is 6.92 Å². The Bertz CT molecular complexity index is 548. The van der Waals surface area contributed by atoms with Crippen molar-refractivity contribution in [2.24, 2.45) is 5.41 Å². The van der Waals surface area contributed by atoms with E-state index >= 15 is 0 Å². The lowest BCUT2D eigenvalue weighted by atomic mass is 9.77. The minimum absolute atomic E-state index is 0.0641. The average Bonchev–Trinajstić information content (AvgIpc) is 2.74. The molecule has 3 nitrogen and oxygen atoms in total. The van der Waals surface area contributed by atoms with Gasteiger partial charge in [0.1, 0.15) is 11.6 Å². The van der Waals surface area contributed by atoms with Crippen molar-refractivity contribution in [2.45, 2.75) is 32.7 Å². The van der Waals surface area contributed by atoms with E-state index in [1.807, 2.05) is 0 Å². The fraction of sp³-hybridized carbons (Fsp3) is 0.588. The molecule has 2 heterocycles. The van der Waals surface area contributed by atoms with Gasteiger partial charge in [-0.25, -0.2) is 8.78 Å². The summed E-state index contributed by atoms with van der Waals surface area (Å²) in [7, 11) is 0. The van der Waals surface area contributed by atoms with E-state index in [4.69, 9.17) is 0 Å². The molecule has 2 saturated heterocycles. The van der Waals surface area contributed by atoms with Crippen LogP contribution in [0.5, 0.6) is 0 Å². The number of carbonyl (C=O) groups is 1. The molecule has 1 spiro atoms. The molecule has 3 rings (SSSR count). The summed E-state index contributed by atoms with van der Waals surface area (Å²) in [4.78, 5) is 16.5. The van der Waals surface area contributed by atoms with Gasteiger partial charge in [-0.05, 0) is 55.6 Å². The molecule has 2 fully saturated rings. The van der Waals surface area contributed by atoms with E-state index in [9.17, 15) is 13.6 Å². The molecule has 0 aliphatic carbocycles. The van der Waals surface area contributed by atoms with Gasteiger partial charge in [0.25, 0.3) is 0 Å². The lowest BCUT2D eigenvalue weighted by Gasteiger charge is -2.38. The highest BCUT2D eigenvalue weighted by Gasteiger charge is 2.44. The minimum atomic E-state index is -0.590. The molecule has 5 heteroatoms. The van der Waals surface area contributed by atoms with Crippen LogP contribution in [0.2, 0.25) is 0 Å². The highest BCUT2D eigenvalue weighted by molar-refractivity contribution is 5.79. The summed E-state index contributed by atoms with van der Waals surface area (Å²) in [5, 5.41) is 0. The van der Waals surface area contributed by atoms with Gasteiger partial charge < -0.3 is 9.80 Å². The van der Waals surface area contributed by atoms with Gasteiger partial charge in [0.05, 0.1) is 0 Å². The van der Waals surface area contributed by atoms with Crippen LogP contribution in [0.3, 0.4) is 0 Å². The molecule has 2 aliphatic rings. The smallest absolute Gasteiger partial charge is 0.223 e. The number of halogens is 2. The summed E-state index contributed by atoms with van der Waals surface area (Å²) >= 11 is 0. The molecular formula is C17H22F2N2O. The Balaban J connectivity index is 1.67. The molecule has 0 aromatic heterocycles. The molecule has 0 radical (unpaired) electrons. The molecule has 0 N–H and O–H groups in total. The first-order chi connectivity index (χ1) is 10.5. The van der Waals surface area contributed by atoms with Gasteiger partial charge in [-0.3, -0.25) is 4.79 Å². The maximum absolute atomic E-state index is 13.3. The second kappa shape index (κ2) is 5.95. The van der Waals surface area contributed by atoms with E-state index < -0.39 is 11.6 Å². The Morgan fingerprint density at radius 1 is 1.14 bits per heavy atom. The van der Waals surface area contributed by atoms with Crippen LogP contribution in [0.4, 0.5) is 8.78 Å². The molecular weight excluding hydrogens is 286 g/mol. The van der Waals surface area contributed by atoms with Crippen LogP contribution in [0, 0.1) is 17.0 Å². The van der Waals surface area contributed by atoms with Crippen LogP contribution in [0.25, 0.3) is 0 Å². The Morgan fingerprint density at radius 2 is 1.77 bits per heavy atom. The summed E-state index contributed by atoms with van der Waals surface area (Å²) in [6, 6.07) is 3.47. The van der Waals surface area contributed by atoms with E-state index in [-0.39, 0.29) is 11.3 Å². The number of likely N-dealkylation sites (tertiary alicyclic amines) is 2. The largest absolute Gasteiger partial charge is 0.338 e. The van der Waals surface area contributed by atoms with E-state index in [0.717, 1.165) is 38.5 Å². The first-order valence-corrected chi connectivity index (χ1v) is 7.95. The number of carbonyl (C=O) groups excluding carboxylic acids is 1. The molecule has 0 atom stereocenters. The zero-order valence-corrected chi connectivity index (χ0v) is 12.9. The van der Waals surface area contributed by atoms with Crippen LogP contribution >= 0.6 is 0 Å². The van der Waals surface area contributed by atoms with Gasteiger partial charge in [-0.2, -0.15) is 0 Å². The third-order valence-electron chi connectivity index (χ3n) is 5.06. The van der Waals surface area contributed by atoms with E-state index in [2.05, 4.69) is 11.8 Å². The van der Waals surface area contributed by atoms with Crippen molar-refractivity contribution >= 4 is 5.91 Å². The van der Waals surface area contributed by atoms with Crippen molar-refractivity contribution in [1.82, 2.24) is 9.80 Å². The second-order valence-electron chi connectivity index (χ2n) is 6.64. The Morgan fingerprint density at radius 3 is 2.36 bits per heavy atom. The van der Waals surface area contributed by atoms with Crippen molar-refractivity contribution in [3.8, 4) is 0 Å². The monoisotopic (exact) mass is 308 g/mol. The standard InChI is InChI=1S/C17H22F2N2O/c1-2-20-5-3-17(4-6-20)10-16(22)21(12-17)11-13-7-14(18)9-15(19)8-13/h7-9H,2-6,10-12H2,1H3. The van der Waals surface area contributed by atoms with Crippen LogP contribution in [-0.4, -0.2) is 41.9 Å². The van der Waals surface area contributed by atoms with Crippen molar-refractivity contribution in [1.29, 1.82) is 0 Å². The van der Waals surface area contributed by atoms with Gasteiger partial charge in [0.2, 0.25) is 5.91 Å². The van der Waals surface area contributed by atoms with Crippen molar-refractivity contribution in [3.05, 3.63) is 35.4 Å². The van der Waals surface area contributed by atoms with Crippen LogP contribution in [0.1, 0.15) is 31.7 Å². The zero-order chi connectivity index (χ0) is 15.7. The molecule has 0 saturated carbocycles. The molecule has 22 heavy (non-hydrogen) atoms. The van der Waals surface area contributed by atoms with E-state index in [1.165, 1.54) is 12.1 Å². The van der Waals surface area contributed by atoms with Crippen molar-refractivity contribution in [2.75, 3.05) is 26.2 Å². The lowest BCUT2D eigenvalue weighted by molar-refractivity contribution is -0.128. The SMILES string of the molecule is CCN1CCC2(CC1)CC(=O)N(Cc1cc(F)cc(F)c1)C2. The predicted octanol–water partition coefficient (Wildman–Crippen LogP) is 2.80. The zero-order valence-electron chi connectivity index (χ0n) is 12.9. The van der Waals surface area contributed by atoms with Gasteiger partial charge in [0, 0.05) is 25.6 Å². The quantitative estimate of drug-likeness (QED) is 0.857. The number of amides is 1. The Hall–Kier alpha value is -1.49. The first-order valence-electron chi connectivity index (χ1n) is 7.95. The highest BCUT2D eigenvalue weighted by Crippen LogP contribution is 2.41. The average molecular weight is 308 g/mol. The third-order valence-corrected chi connectivity index (χ3v) is 5.06. The topological polar surface area (TPSA) is 23.6 Å². The molecule has 2 aliphatic heterocycles. The maximum Gasteiger partial charge on any atom is 0.223 e. The van der Waals surface area contributed by atoms with Gasteiger partial charge >= 0.3 is 0 Å². The normalized spacial score (nSPS) is 21.8. The van der Waals surface area contributed by atoms with Crippen LogP contribution < -0.4 is 0 Å². The summed E-state index contributed by atoms with van der Waals surface area (Å²) in [5.74, 6) is -1.07. The Kier molecular flexibility index (Phi) is 4.17. The van der Waals surface area contributed by atoms with Crippen LogP contribution in [-0.2, 0) is 11.3 Å². The molecule has 0 unspecified atom stereocenters. The molecule has 1 amide bonds. The molecule has 1 aromatic rings. The number of hydrogen-bond donors (Lipinski definition) is 0. The first kappa shape index (κ1) is 15.4. The summed E-state index contributed by atoms with van der Waals surface area (Å²) in [6.07, 6.45) is 2.63. The van der Waals surface area contributed by atoms with E-state index in [1.54, 1.807) is 4.90 Å². The van der Waals surface area contributed by atoms with Gasteiger partial charge in [-0.15, -0.1) is 0 Å². The number of benzene rings is 1. The van der Waals surface area contributed by atoms with Crippen molar-refractivity contribution in [3.63, 3.8) is 0 Å². The summed E-state index contributed by atoms with van der Waals surface area (Å²) < 4.78 is 26.6.